The second-order valence-corrected chi connectivity index (χ2v) is 8.41. The van der Waals surface area contributed by atoms with Gasteiger partial charge in [0.1, 0.15) is 12.2 Å². The Labute approximate surface area is 172 Å². The molecule has 1 aliphatic rings. The molecule has 3 heterocycles. The van der Waals surface area contributed by atoms with Crippen molar-refractivity contribution in [3.05, 3.63) is 45.2 Å². The highest BCUT2D eigenvalue weighted by atomic mass is 32.1. The van der Waals surface area contributed by atoms with E-state index < -0.39 is 0 Å². The zero-order chi connectivity index (χ0) is 20.4. The van der Waals surface area contributed by atoms with E-state index in [0.29, 0.717) is 17.8 Å². The highest BCUT2D eigenvalue weighted by Gasteiger charge is 2.19. The molecule has 0 spiro atoms. The molecule has 1 aromatic carbocycles. The molecule has 152 valence electrons. The smallest absolute Gasteiger partial charge is 0.294 e. The summed E-state index contributed by atoms with van der Waals surface area (Å²) >= 11 is 1.45. The lowest BCUT2D eigenvalue weighted by molar-refractivity contribution is -0.122. The van der Waals surface area contributed by atoms with Gasteiger partial charge in [0.05, 0.1) is 15.8 Å². The Hall–Kier alpha value is -2.58. The predicted molar refractivity (Wildman–Crippen MR) is 113 cm³/mol. The van der Waals surface area contributed by atoms with Crippen LogP contribution in [0.1, 0.15) is 30.3 Å². The largest absolute Gasteiger partial charge is 0.376 e. The van der Waals surface area contributed by atoms with Crippen LogP contribution in [0.15, 0.2) is 29.1 Å². The SMILES string of the molecule is CCc1ccc(-c2nn(CC(=O)NC[C@H]3CCCO3)c(=O)c3nc(C)sc23)cc1. The minimum atomic E-state index is -0.342. The van der Waals surface area contributed by atoms with Gasteiger partial charge in [0, 0.05) is 18.7 Å². The van der Waals surface area contributed by atoms with Crippen LogP contribution in [-0.2, 0) is 22.5 Å². The number of hydrogen-bond acceptors (Lipinski definition) is 6. The summed E-state index contributed by atoms with van der Waals surface area (Å²) < 4.78 is 7.50. The van der Waals surface area contributed by atoms with Gasteiger partial charge in [0.25, 0.3) is 5.56 Å². The fraction of sp³-hybridized carbons (Fsp3) is 0.429. The highest BCUT2D eigenvalue weighted by Crippen LogP contribution is 2.29. The van der Waals surface area contributed by atoms with E-state index in [1.54, 1.807) is 0 Å². The number of thiazole rings is 1. The van der Waals surface area contributed by atoms with Crippen LogP contribution in [0.3, 0.4) is 0 Å². The summed E-state index contributed by atoms with van der Waals surface area (Å²) in [5, 5.41) is 8.19. The predicted octanol–water partition coefficient (Wildman–Crippen LogP) is 2.69. The van der Waals surface area contributed by atoms with Gasteiger partial charge in [-0.25, -0.2) is 9.67 Å². The molecule has 1 N–H and O–H groups in total. The molecule has 0 bridgehead atoms. The van der Waals surface area contributed by atoms with Crippen LogP contribution in [0.4, 0.5) is 0 Å². The van der Waals surface area contributed by atoms with Gasteiger partial charge in [-0.15, -0.1) is 11.3 Å². The van der Waals surface area contributed by atoms with Gasteiger partial charge in [0.15, 0.2) is 5.52 Å². The van der Waals surface area contributed by atoms with E-state index >= 15 is 0 Å². The summed E-state index contributed by atoms with van der Waals surface area (Å²) in [4.78, 5) is 29.7. The number of hydrogen-bond donors (Lipinski definition) is 1. The van der Waals surface area contributed by atoms with Crippen LogP contribution >= 0.6 is 11.3 Å². The van der Waals surface area contributed by atoms with Crippen LogP contribution in [0.25, 0.3) is 21.5 Å². The van der Waals surface area contributed by atoms with E-state index in [1.165, 1.54) is 21.6 Å². The number of ether oxygens (including phenoxy) is 1. The molecule has 0 radical (unpaired) electrons. The van der Waals surface area contributed by atoms with Crippen molar-refractivity contribution in [3.8, 4) is 11.3 Å². The van der Waals surface area contributed by atoms with Crippen molar-refractivity contribution in [2.24, 2.45) is 0 Å². The first-order valence-corrected chi connectivity index (χ1v) is 10.7. The Bertz CT molecular complexity index is 1080. The summed E-state index contributed by atoms with van der Waals surface area (Å²) in [7, 11) is 0. The molecule has 0 unspecified atom stereocenters. The molecule has 4 rings (SSSR count). The summed E-state index contributed by atoms with van der Waals surface area (Å²) in [5.74, 6) is -0.256. The minimum Gasteiger partial charge on any atom is -0.376 e. The maximum Gasteiger partial charge on any atom is 0.294 e. The lowest BCUT2D eigenvalue weighted by Gasteiger charge is -2.12. The number of aromatic nitrogens is 3. The van der Waals surface area contributed by atoms with Gasteiger partial charge in [-0.05, 0) is 31.7 Å². The fourth-order valence-electron chi connectivity index (χ4n) is 3.49. The number of amides is 1. The van der Waals surface area contributed by atoms with Crippen LogP contribution in [0, 0.1) is 6.92 Å². The van der Waals surface area contributed by atoms with Gasteiger partial charge < -0.3 is 10.1 Å². The Morgan fingerprint density at radius 2 is 2.14 bits per heavy atom. The summed E-state index contributed by atoms with van der Waals surface area (Å²) in [6, 6.07) is 8.12. The van der Waals surface area contributed by atoms with Crippen LogP contribution in [-0.4, -0.2) is 39.9 Å². The molecule has 2 aromatic heterocycles. The zero-order valence-electron chi connectivity index (χ0n) is 16.6. The van der Waals surface area contributed by atoms with Crippen molar-refractivity contribution in [1.82, 2.24) is 20.1 Å². The van der Waals surface area contributed by atoms with Crippen molar-refractivity contribution in [1.29, 1.82) is 0 Å². The lowest BCUT2D eigenvalue weighted by atomic mass is 10.1. The third-order valence-electron chi connectivity index (χ3n) is 5.09. The first kappa shape index (κ1) is 19.7. The summed E-state index contributed by atoms with van der Waals surface area (Å²) in [6.45, 7) is 5.02. The zero-order valence-corrected chi connectivity index (χ0v) is 17.4. The number of aryl methyl sites for hydroxylation is 2. The summed E-state index contributed by atoms with van der Waals surface area (Å²) in [6.07, 6.45) is 2.97. The van der Waals surface area contributed by atoms with Gasteiger partial charge in [-0.1, -0.05) is 31.2 Å². The van der Waals surface area contributed by atoms with Crippen LogP contribution in [0.5, 0.6) is 0 Å². The topological polar surface area (TPSA) is 86.1 Å². The Morgan fingerprint density at radius 3 is 2.83 bits per heavy atom. The quantitative estimate of drug-likeness (QED) is 0.673. The molecule has 29 heavy (non-hydrogen) atoms. The van der Waals surface area contributed by atoms with Gasteiger partial charge in [-0.2, -0.15) is 5.10 Å². The summed E-state index contributed by atoms with van der Waals surface area (Å²) in [5.41, 5.74) is 2.84. The van der Waals surface area contributed by atoms with E-state index in [-0.39, 0.29) is 24.1 Å². The molecule has 0 aliphatic carbocycles. The van der Waals surface area contributed by atoms with E-state index in [9.17, 15) is 9.59 Å². The van der Waals surface area contributed by atoms with Gasteiger partial charge >= 0.3 is 0 Å². The van der Waals surface area contributed by atoms with Crippen molar-refractivity contribution in [2.75, 3.05) is 13.2 Å². The average Bonchev–Trinajstić information content (AvgIpc) is 3.38. The van der Waals surface area contributed by atoms with E-state index in [4.69, 9.17) is 4.74 Å². The number of rotatable bonds is 6. The maximum absolute atomic E-state index is 12.9. The fourth-order valence-corrected chi connectivity index (χ4v) is 4.40. The first-order valence-electron chi connectivity index (χ1n) is 9.91. The third-order valence-corrected chi connectivity index (χ3v) is 6.06. The number of nitrogens with zero attached hydrogens (tertiary/aromatic N) is 3. The van der Waals surface area contributed by atoms with E-state index in [2.05, 4.69) is 34.5 Å². The van der Waals surface area contributed by atoms with Gasteiger partial charge in [0.2, 0.25) is 5.91 Å². The van der Waals surface area contributed by atoms with E-state index in [0.717, 1.165) is 41.1 Å². The second-order valence-electron chi connectivity index (χ2n) is 7.21. The van der Waals surface area contributed by atoms with Crippen molar-refractivity contribution < 1.29 is 9.53 Å². The average molecular weight is 413 g/mol. The molecule has 1 aliphatic heterocycles. The number of carbonyl (C=O) groups is 1. The second kappa shape index (κ2) is 8.42. The standard InChI is InChI=1S/C21H24N4O3S/c1-3-14-6-8-15(9-7-14)18-20-19(23-13(2)29-20)21(27)25(24-18)12-17(26)22-11-16-5-4-10-28-16/h6-9,16H,3-5,10-12H2,1-2H3,(H,22,26)/t16-/m1/s1. The van der Waals surface area contributed by atoms with Crippen LogP contribution < -0.4 is 10.9 Å². The molecule has 1 fully saturated rings. The Balaban J connectivity index is 1.65. The molecule has 1 amide bonds. The number of benzene rings is 1. The molecule has 1 atom stereocenters. The molecule has 1 saturated heterocycles. The van der Waals surface area contributed by atoms with Crippen molar-refractivity contribution in [2.45, 2.75) is 45.8 Å². The Morgan fingerprint density at radius 1 is 1.34 bits per heavy atom. The number of carbonyl (C=O) groups excluding carboxylic acids is 1. The molecule has 7 nitrogen and oxygen atoms in total. The molecule has 3 aromatic rings. The van der Waals surface area contributed by atoms with Crippen molar-refractivity contribution in [3.63, 3.8) is 0 Å². The first-order chi connectivity index (χ1) is 14.0. The number of nitrogens with one attached hydrogen (secondary N) is 1. The van der Waals surface area contributed by atoms with E-state index in [1.807, 2.05) is 19.1 Å². The molecular weight excluding hydrogens is 388 g/mol. The lowest BCUT2D eigenvalue weighted by Crippen LogP contribution is -2.37. The van der Waals surface area contributed by atoms with Crippen molar-refractivity contribution >= 4 is 27.5 Å². The third kappa shape index (κ3) is 4.23. The maximum atomic E-state index is 12.9. The number of fused-ring (bicyclic) bond motifs is 1. The molecular formula is C21H24N4O3S. The Kier molecular flexibility index (Phi) is 5.73. The highest BCUT2D eigenvalue weighted by molar-refractivity contribution is 7.19. The molecule has 0 saturated carbocycles. The van der Waals surface area contributed by atoms with Gasteiger partial charge in [-0.3, -0.25) is 9.59 Å². The minimum absolute atomic E-state index is 0.0555. The normalized spacial score (nSPS) is 16.4. The van der Waals surface area contributed by atoms with Crippen LogP contribution in [0.2, 0.25) is 0 Å². The molecule has 8 heteroatoms. The monoisotopic (exact) mass is 412 g/mol.